The van der Waals surface area contributed by atoms with Crippen molar-refractivity contribution in [1.82, 2.24) is 9.97 Å². The summed E-state index contributed by atoms with van der Waals surface area (Å²) < 4.78 is 31.3. The second-order valence-electron chi connectivity index (χ2n) is 3.07. The number of hydrogen-bond acceptors (Lipinski definition) is 3. The van der Waals surface area contributed by atoms with E-state index >= 15 is 0 Å². The third-order valence-electron chi connectivity index (χ3n) is 2.15. The summed E-state index contributed by atoms with van der Waals surface area (Å²) in [6, 6.07) is 0.804. The minimum atomic E-state index is -0.719. The van der Waals surface area contributed by atoms with Crippen molar-refractivity contribution in [2.24, 2.45) is 0 Å². The fourth-order valence-electron chi connectivity index (χ4n) is 1.31. The van der Waals surface area contributed by atoms with E-state index in [0.717, 1.165) is 6.07 Å². The van der Waals surface area contributed by atoms with Crippen molar-refractivity contribution >= 4 is 11.0 Å². The van der Waals surface area contributed by atoms with Gasteiger partial charge in [0.15, 0.2) is 5.82 Å². The van der Waals surface area contributed by atoms with E-state index in [1.807, 2.05) is 13.8 Å². The average molecular weight is 240 g/mol. The number of hydrogen-bond donors (Lipinski definition) is 0. The third-order valence-corrected chi connectivity index (χ3v) is 2.15. The van der Waals surface area contributed by atoms with Crippen LogP contribution >= 0.6 is 0 Å². The maximum atomic E-state index is 13.3. The van der Waals surface area contributed by atoms with Gasteiger partial charge in [0, 0.05) is 11.6 Å². The number of nitrogens with zero attached hydrogens (tertiary/aromatic N) is 2. The van der Waals surface area contributed by atoms with Crippen molar-refractivity contribution in [2.75, 3.05) is 7.11 Å². The van der Waals surface area contributed by atoms with Crippen LogP contribution < -0.4 is 4.74 Å². The Kier molecular flexibility index (Phi) is 4.31. The molecule has 1 aromatic heterocycles. The molecule has 0 N–H and O–H groups in total. The Morgan fingerprint density at radius 2 is 1.76 bits per heavy atom. The number of methoxy groups -OCH3 is 1. The molecule has 1 aromatic carbocycles. The summed E-state index contributed by atoms with van der Waals surface area (Å²) in [4.78, 5) is 7.77. The van der Waals surface area contributed by atoms with Gasteiger partial charge in [-0.25, -0.2) is 18.7 Å². The molecule has 0 amide bonds. The molecule has 5 heteroatoms. The molecule has 3 nitrogen and oxygen atoms in total. The lowest BCUT2D eigenvalue weighted by atomic mass is 10.2. The van der Waals surface area contributed by atoms with Crippen LogP contribution in [0.2, 0.25) is 0 Å². The summed E-state index contributed by atoms with van der Waals surface area (Å²) >= 11 is 0. The first-order valence-electron chi connectivity index (χ1n) is 5.29. The maximum absolute atomic E-state index is 13.3. The van der Waals surface area contributed by atoms with Crippen LogP contribution in [0.25, 0.3) is 11.0 Å². The van der Waals surface area contributed by atoms with Crippen molar-refractivity contribution in [3.05, 3.63) is 29.5 Å². The topological polar surface area (TPSA) is 35.0 Å². The zero-order valence-electron chi connectivity index (χ0n) is 10.2. The van der Waals surface area contributed by atoms with Crippen molar-refractivity contribution in [1.29, 1.82) is 0 Å². The highest BCUT2D eigenvalue weighted by Crippen LogP contribution is 2.22. The van der Waals surface area contributed by atoms with Gasteiger partial charge < -0.3 is 4.74 Å². The van der Waals surface area contributed by atoms with E-state index in [1.165, 1.54) is 20.2 Å². The highest BCUT2D eigenvalue weighted by atomic mass is 19.1. The molecule has 0 unspecified atom stereocenters. The van der Waals surface area contributed by atoms with Crippen LogP contribution in [0.15, 0.2) is 12.3 Å². The second kappa shape index (κ2) is 5.52. The molecule has 0 radical (unpaired) electrons. The fraction of sp³-hybridized carbons (Fsp3) is 0.333. The molecule has 2 aromatic rings. The largest absolute Gasteiger partial charge is 0.480 e. The third kappa shape index (κ3) is 2.49. The summed E-state index contributed by atoms with van der Waals surface area (Å²) in [5, 5.41) is 0. The SMILES string of the molecule is CC.COc1cnc2c(F)cc(F)c(C)c2n1. The summed E-state index contributed by atoms with van der Waals surface area (Å²) in [5.74, 6) is -1.12. The number of benzene rings is 1. The van der Waals surface area contributed by atoms with Gasteiger partial charge in [-0.15, -0.1) is 0 Å². The van der Waals surface area contributed by atoms with Gasteiger partial charge in [-0.1, -0.05) is 13.8 Å². The molecular weight excluding hydrogens is 226 g/mol. The number of halogens is 2. The fourth-order valence-corrected chi connectivity index (χ4v) is 1.31. The summed E-state index contributed by atoms with van der Waals surface area (Å²) in [7, 11) is 1.42. The van der Waals surface area contributed by atoms with Gasteiger partial charge in [0.05, 0.1) is 13.3 Å². The van der Waals surface area contributed by atoms with Crippen LogP contribution in [-0.4, -0.2) is 17.1 Å². The van der Waals surface area contributed by atoms with Gasteiger partial charge in [0.2, 0.25) is 5.88 Å². The second-order valence-corrected chi connectivity index (χ2v) is 3.07. The summed E-state index contributed by atoms with van der Waals surface area (Å²) in [6.07, 6.45) is 1.29. The minimum Gasteiger partial charge on any atom is -0.480 e. The molecular formula is C12H14F2N2O. The molecule has 2 rings (SSSR count). The van der Waals surface area contributed by atoms with Crippen LogP contribution in [0, 0.1) is 18.6 Å². The Labute approximate surface area is 98.5 Å². The highest BCUT2D eigenvalue weighted by Gasteiger charge is 2.12. The first-order chi connectivity index (χ1) is 8.13. The first-order valence-corrected chi connectivity index (χ1v) is 5.29. The molecule has 0 aliphatic rings. The maximum Gasteiger partial charge on any atom is 0.232 e. The van der Waals surface area contributed by atoms with E-state index in [-0.39, 0.29) is 22.5 Å². The molecule has 0 spiro atoms. The standard InChI is InChI=1S/C10H8F2N2O.C2H6/c1-5-6(11)3-7(12)10-9(5)14-8(15-2)4-13-10;1-2/h3-4H,1-2H3;1-2H3. The molecule has 0 bridgehead atoms. The van der Waals surface area contributed by atoms with Crippen molar-refractivity contribution in [3.8, 4) is 5.88 Å². The van der Waals surface area contributed by atoms with Crippen LogP contribution in [0.1, 0.15) is 19.4 Å². The van der Waals surface area contributed by atoms with Gasteiger partial charge in [-0.3, -0.25) is 0 Å². The number of rotatable bonds is 1. The minimum absolute atomic E-state index is 0.0506. The Bertz CT molecular complexity index is 529. The molecule has 1 heterocycles. The molecule has 0 aliphatic carbocycles. The summed E-state index contributed by atoms with van der Waals surface area (Å²) in [6.45, 7) is 5.52. The van der Waals surface area contributed by atoms with Gasteiger partial charge >= 0.3 is 0 Å². The van der Waals surface area contributed by atoms with Crippen molar-refractivity contribution in [2.45, 2.75) is 20.8 Å². The van der Waals surface area contributed by atoms with E-state index in [0.29, 0.717) is 0 Å². The average Bonchev–Trinajstić information content (AvgIpc) is 2.38. The number of aryl methyl sites for hydroxylation is 1. The normalized spacial score (nSPS) is 9.76. The molecule has 0 atom stereocenters. The van der Waals surface area contributed by atoms with Gasteiger partial charge in [0.1, 0.15) is 16.9 Å². The lowest BCUT2D eigenvalue weighted by Gasteiger charge is -2.05. The summed E-state index contributed by atoms with van der Waals surface area (Å²) in [5.41, 5.74) is 0.499. The number of ether oxygens (including phenoxy) is 1. The van der Waals surface area contributed by atoms with E-state index < -0.39 is 11.6 Å². The molecule has 0 fully saturated rings. The predicted octanol–water partition coefficient (Wildman–Crippen LogP) is 3.25. The number of aromatic nitrogens is 2. The van der Waals surface area contributed by atoms with Gasteiger partial charge in [-0.05, 0) is 6.92 Å². The van der Waals surface area contributed by atoms with E-state index in [1.54, 1.807) is 0 Å². The van der Waals surface area contributed by atoms with E-state index in [9.17, 15) is 8.78 Å². The quantitative estimate of drug-likeness (QED) is 0.767. The molecule has 0 saturated heterocycles. The molecule has 17 heavy (non-hydrogen) atoms. The Balaban J connectivity index is 0.000000686. The van der Waals surface area contributed by atoms with Crippen LogP contribution in [0.3, 0.4) is 0 Å². The van der Waals surface area contributed by atoms with E-state index in [2.05, 4.69) is 9.97 Å². The Morgan fingerprint density at radius 3 is 2.35 bits per heavy atom. The van der Waals surface area contributed by atoms with E-state index in [4.69, 9.17) is 4.74 Å². The van der Waals surface area contributed by atoms with Gasteiger partial charge in [-0.2, -0.15) is 0 Å². The van der Waals surface area contributed by atoms with Crippen molar-refractivity contribution < 1.29 is 13.5 Å². The lowest BCUT2D eigenvalue weighted by Crippen LogP contribution is -1.97. The monoisotopic (exact) mass is 240 g/mol. The zero-order valence-corrected chi connectivity index (χ0v) is 10.2. The molecule has 0 saturated carbocycles. The molecule has 0 aliphatic heterocycles. The van der Waals surface area contributed by atoms with Crippen LogP contribution in [-0.2, 0) is 0 Å². The first kappa shape index (κ1) is 13.3. The lowest BCUT2D eigenvalue weighted by molar-refractivity contribution is 0.397. The zero-order chi connectivity index (χ0) is 13.0. The Hall–Kier alpha value is -1.78. The smallest absolute Gasteiger partial charge is 0.232 e. The van der Waals surface area contributed by atoms with Crippen LogP contribution in [0.4, 0.5) is 8.78 Å². The highest BCUT2D eigenvalue weighted by molar-refractivity contribution is 5.78. The number of fused-ring (bicyclic) bond motifs is 1. The van der Waals surface area contributed by atoms with Gasteiger partial charge in [0.25, 0.3) is 0 Å². The van der Waals surface area contributed by atoms with Crippen LogP contribution in [0.5, 0.6) is 5.88 Å². The van der Waals surface area contributed by atoms with Crippen molar-refractivity contribution in [3.63, 3.8) is 0 Å². The molecule has 92 valence electrons. The predicted molar refractivity (Wildman–Crippen MR) is 62.1 cm³/mol. The Morgan fingerprint density at radius 1 is 1.12 bits per heavy atom.